The normalized spacial score (nSPS) is 20.0. The van der Waals surface area contributed by atoms with Gasteiger partial charge in [0.15, 0.2) is 5.11 Å². The van der Waals surface area contributed by atoms with Crippen LogP contribution in [0.5, 0.6) is 0 Å². The third-order valence-electron chi connectivity index (χ3n) is 4.95. The molecule has 6 heteroatoms. The van der Waals surface area contributed by atoms with Crippen LogP contribution in [0.25, 0.3) is 0 Å². The third kappa shape index (κ3) is 6.44. The molecule has 128 valence electrons. The molecule has 1 aliphatic heterocycles. The summed E-state index contributed by atoms with van der Waals surface area (Å²) in [4.78, 5) is 16.4. The maximum atomic E-state index is 12.1. The zero-order valence-electron chi connectivity index (χ0n) is 13.9. The van der Waals surface area contributed by atoms with Crippen molar-refractivity contribution in [1.82, 2.24) is 15.1 Å². The number of hydrogen-bond acceptors (Lipinski definition) is 4. The quantitative estimate of drug-likeness (QED) is 0.781. The van der Waals surface area contributed by atoms with Crippen molar-refractivity contribution >= 4 is 23.2 Å². The van der Waals surface area contributed by atoms with Crippen LogP contribution in [-0.2, 0) is 4.79 Å². The zero-order valence-corrected chi connectivity index (χ0v) is 14.7. The maximum absolute atomic E-state index is 12.1. The first-order valence-electron chi connectivity index (χ1n) is 8.87. The van der Waals surface area contributed by atoms with E-state index >= 15 is 0 Å². The lowest BCUT2D eigenvalue weighted by atomic mass is 9.86. The summed E-state index contributed by atoms with van der Waals surface area (Å²) in [5.74, 6) is 0.791. The second-order valence-corrected chi connectivity index (χ2v) is 7.02. The minimum Gasteiger partial charge on any atom is -0.346 e. The first-order valence-corrected chi connectivity index (χ1v) is 9.28. The first-order chi connectivity index (χ1) is 11.2. The molecule has 1 heterocycles. The number of carbonyl (C=O) groups excluding carboxylic acids is 1. The molecule has 0 aromatic rings. The molecule has 0 radical (unpaired) electrons. The molecule has 1 saturated carbocycles. The summed E-state index contributed by atoms with van der Waals surface area (Å²) in [5, 5.41) is 12.1. The van der Waals surface area contributed by atoms with Gasteiger partial charge in [-0.1, -0.05) is 32.1 Å². The van der Waals surface area contributed by atoms with Crippen LogP contribution in [0.4, 0.5) is 0 Å². The minimum absolute atomic E-state index is 0.0625. The molecule has 2 aliphatic rings. The monoisotopic (exact) mass is 336 g/mol. The summed E-state index contributed by atoms with van der Waals surface area (Å²) in [6.07, 6.45) is 8.71. The lowest BCUT2D eigenvalue weighted by Crippen LogP contribution is -2.52. The number of hydrogen-bond donors (Lipinski definition) is 1. The van der Waals surface area contributed by atoms with Gasteiger partial charge in [0.25, 0.3) is 0 Å². The van der Waals surface area contributed by atoms with Gasteiger partial charge >= 0.3 is 0 Å². The van der Waals surface area contributed by atoms with Crippen molar-refractivity contribution in [2.45, 2.75) is 51.4 Å². The Labute approximate surface area is 145 Å². The van der Waals surface area contributed by atoms with Gasteiger partial charge in [-0.3, -0.25) is 9.69 Å². The molecule has 5 nitrogen and oxygen atoms in total. The summed E-state index contributed by atoms with van der Waals surface area (Å²) in [6.45, 7) is 4.28. The Morgan fingerprint density at radius 3 is 2.52 bits per heavy atom. The van der Waals surface area contributed by atoms with E-state index in [-0.39, 0.29) is 5.91 Å². The van der Waals surface area contributed by atoms with Crippen LogP contribution in [0, 0.1) is 17.2 Å². The first kappa shape index (κ1) is 18.2. The smallest absolute Gasteiger partial charge is 0.226 e. The predicted octanol–water partition coefficient (Wildman–Crippen LogP) is 2.28. The molecule has 0 aromatic heterocycles. The summed E-state index contributed by atoms with van der Waals surface area (Å²) in [7, 11) is 0. The van der Waals surface area contributed by atoms with Crippen LogP contribution in [0.3, 0.4) is 0 Å². The molecule has 1 N–H and O–H groups in total. The molecule has 1 saturated heterocycles. The SMILES string of the molecule is N#CCCN1CCN(C(=S)NC(=O)CCC2CCCCC2)CC1. The van der Waals surface area contributed by atoms with Gasteiger partial charge in [0.2, 0.25) is 5.91 Å². The van der Waals surface area contributed by atoms with E-state index in [1.807, 2.05) is 0 Å². The number of thiocarbonyl (C=S) groups is 1. The Morgan fingerprint density at radius 1 is 1.17 bits per heavy atom. The van der Waals surface area contributed by atoms with Crippen LogP contribution in [0.2, 0.25) is 0 Å². The Kier molecular flexibility index (Phi) is 7.77. The Hall–Kier alpha value is -1.19. The fourth-order valence-electron chi connectivity index (χ4n) is 3.45. The van der Waals surface area contributed by atoms with Gasteiger partial charge < -0.3 is 10.2 Å². The molecule has 23 heavy (non-hydrogen) atoms. The number of amides is 1. The second-order valence-electron chi connectivity index (χ2n) is 6.63. The Morgan fingerprint density at radius 2 is 1.87 bits per heavy atom. The lowest BCUT2D eigenvalue weighted by molar-refractivity contribution is -0.120. The second kappa shape index (κ2) is 9.84. The van der Waals surface area contributed by atoms with Crippen LogP contribution in [0.1, 0.15) is 51.4 Å². The van der Waals surface area contributed by atoms with E-state index in [9.17, 15) is 4.79 Å². The van der Waals surface area contributed by atoms with Crippen molar-refractivity contribution < 1.29 is 4.79 Å². The predicted molar refractivity (Wildman–Crippen MR) is 94.8 cm³/mol. The topological polar surface area (TPSA) is 59.4 Å². The van der Waals surface area contributed by atoms with Crippen molar-refractivity contribution in [2.24, 2.45) is 5.92 Å². The number of nitrogens with zero attached hydrogens (tertiary/aromatic N) is 3. The van der Waals surface area contributed by atoms with Crippen LogP contribution < -0.4 is 5.32 Å². The fourth-order valence-corrected chi connectivity index (χ4v) is 3.75. The molecule has 0 bridgehead atoms. The fraction of sp³-hybridized carbons (Fsp3) is 0.824. The maximum Gasteiger partial charge on any atom is 0.226 e. The Balaban J connectivity index is 1.62. The van der Waals surface area contributed by atoms with Crippen LogP contribution in [-0.4, -0.2) is 53.5 Å². The molecule has 0 unspecified atom stereocenters. The van der Waals surface area contributed by atoms with Crippen molar-refractivity contribution in [3.63, 3.8) is 0 Å². The summed E-state index contributed by atoms with van der Waals surface area (Å²) >= 11 is 5.37. The largest absolute Gasteiger partial charge is 0.346 e. The van der Waals surface area contributed by atoms with E-state index in [1.54, 1.807) is 0 Å². The van der Waals surface area contributed by atoms with Gasteiger partial charge in [-0.15, -0.1) is 0 Å². The molecular weight excluding hydrogens is 308 g/mol. The number of nitrogens with one attached hydrogen (secondary N) is 1. The van der Waals surface area contributed by atoms with Gasteiger partial charge in [0.1, 0.15) is 0 Å². The number of carbonyl (C=O) groups is 1. The molecule has 0 spiro atoms. The van der Waals surface area contributed by atoms with Crippen molar-refractivity contribution in [3.8, 4) is 6.07 Å². The highest BCUT2D eigenvalue weighted by molar-refractivity contribution is 7.80. The van der Waals surface area contributed by atoms with Crippen molar-refractivity contribution in [1.29, 1.82) is 5.26 Å². The van der Waals surface area contributed by atoms with E-state index in [2.05, 4.69) is 21.2 Å². The highest BCUT2D eigenvalue weighted by atomic mass is 32.1. The zero-order chi connectivity index (χ0) is 16.5. The van der Waals surface area contributed by atoms with E-state index < -0.39 is 0 Å². The number of rotatable bonds is 5. The molecule has 1 amide bonds. The molecule has 0 atom stereocenters. The third-order valence-corrected chi connectivity index (χ3v) is 5.31. The van der Waals surface area contributed by atoms with E-state index in [0.29, 0.717) is 18.0 Å². The molecule has 1 aliphatic carbocycles. The average Bonchev–Trinajstić information content (AvgIpc) is 2.59. The van der Waals surface area contributed by atoms with E-state index in [1.165, 1.54) is 32.1 Å². The van der Waals surface area contributed by atoms with Gasteiger partial charge in [-0.05, 0) is 24.6 Å². The minimum atomic E-state index is 0.0625. The van der Waals surface area contributed by atoms with Gasteiger partial charge in [0.05, 0.1) is 6.07 Å². The summed E-state index contributed by atoms with van der Waals surface area (Å²) in [5.41, 5.74) is 0. The lowest BCUT2D eigenvalue weighted by Gasteiger charge is -2.35. The van der Waals surface area contributed by atoms with E-state index in [0.717, 1.165) is 45.1 Å². The molecule has 0 aromatic carbocycles. The molecule has 2 rings (SSSR count). The molecular formula is C17H28N4OS. The highest BCUT2D eigenvalue weighted by Crippen LogP contribution is 2.27. The Bertz CT molecular complexity index is 434. The van der Waals surface area contributed by atoms with Crippen LogP contribution in [0.15, 0.2) is 0 Å². The van der Waals surface area contributed by atoms with Crippen molar-refractivity contribution in [2.75, 3.05) is 32.7 Å². The number of piperazine rings is 1. The summed E-state index contributed by atoms with van der Waals surface area (Å²) in [6, 6.07) is 2.18. The van der Waals surface area contributed by atoms with E-state index in [4.69, 9.17) is 17.5 Å². The van der Waals surface area contributed by atoms with Gasteiger partial charge in [0, 0.05) is 45.6 Å². The number of nitriles is 1. The summed E-state index contributed by atoms with van der Waals surface area (Å²) < 4.78 is 0. The average molecular weight is 337 g/mol. The van der Waals surface area contributed by atoms with Crippen LogP contribution >= 0.6 is 12.2 Å². The van der Waals surface area contributed by atoms with Gasteiger partial charge in [-0.25, -0.2) is 0 Å². The highest BCUT2D eigenvalue weighted by Gasteiger charge is 2.20. The van der Waals surface area contributed by atoms with Gasteiger partial charge in [-0.2, -0.15) is 5.26 Å². The van der Waals surface area contributed by atoms with Crippen molar-refractivity contribution in [3.05, 3.63) is 0 Å². The molecule has 2 fully saturated rings. The standard InChI is InChI=1S/C17H28N4OS/c18-9-4-10-20-11-13-21(14-12-20)17(23)19-16(22)8-7-15-5-2-1-3-6-15/h15H,1-8,10-14H2,(H,19,22,23).